The summed E-state index contributed by atoms with van der Waals surface area (Å²) < 4.78 is 0. The summed E-state index contributed by atoms with van der Waals surface area (Å²) in [5.74, 6) is 0.0833. The Morgan fingerprint density at radius 3 is 0.961 bits per heavy atom. The van der Waals surface area contributed by atoms with Crippen LogP contribution in [0.5, 0.6) is 0 Å². The second kappa shape index (κ2) is 60.5. The van der Waals surface area contributed by atoms with Gasteiger partial charge in [0.2, 0.25) is 0 Å². The van der Waals surface area contributed by atoms with Gasteiger partial charge in [-0.1, -0.05) is 167 Å². The molecule has 0 saturated heterocycles. The first-order valence-corrected chi connectivity index (χ1v) is 17.5. The molecule has 0 aliphatic heterocycles. The molecule has 0 heterocycles. The van der Waals surface area contributed by atoms with Gasteiger partial charge in [0, 0.05) is 0 Å². The molecule has 2 heteroatoms. The number of carbonyl (C=O) groups excluding carboxylic acids is 2. The van der Waals surface area contributed by atoms with E-state index in [4.69, 9.17) is 0 Å². The smallest absolute Gasteiger partial charge is 0.154 e. The van der Waals surface area contributed by atoms with Crippen molar-refractivity contribution in [3.63, 3.8) is 0 Å². The summed E-state index contributed by atoms with van der Waals surface area (Å²) in [5, 5.41) is 0. The molecule has 0 aromatic heterocycles. The van der Waals surface area contributed by atoms with Crippen LogP contribution in [0.3, 0.4) is 0 Å². The van der Waals surface area contributed by atoms with Crippen molar-refractivity contribution in [2.24, 2.45) is 0 Å². The van der Waals surface area contributed by atoms with E-state index in [1.165, 1.54) is 49.5 Å². The van der Waals surface area contributed by atoms with Crippen LogP contribution in [0.15, 0.2) is 179 Å². The molecular weight excluding hydrogens is 621 g/mol. The van der Waals surface area contributed by atoms with Gasteiger partial charge in [0.1, 0.15) is 0 Å². The fraction of sp³-hybridized carbons (Fsp3) is 0.306. The molecule has 0 aliphatic carbocycles. The van der Waals surface area contributed by atoms with Gasteiger partial charge in [-0.2, -0.15) is 0 Å². The Bertz CT molecular complexity index is 1130. The Labute approximate surface area is 317 Å². The van der Waals surface area contributed by atoms with E-state index < -0.39 is 0 Å². The fourth-order valence-electron chi connectivity index (χ4n) is 2.18. The Morgan fingerprint density at radius 2 is 0.824 bits per heavy atom. The lowest BCUT2D eigenvalue weighted by molar-refractivity contribution is -0.114. The lowest BCUT2D eigenvalue weighted by Crippen LogP contribution is -1.86. The maximum atomic E-state index is 10.0. The van der Waals surface area contributed by atoms with Gasteiger partial charge in [0.05, 0.1) is 0 Å². The van der Waals surface area contributed by atoms with Gasteiger partial charge in [-0.3, -0.25) is 9.59 Å². The van der Waals surface area contributed by atoms with Gasteiger partial charge >= 0.3 is 0 Å². The molecule has 0 aliphatic rings. The molecule has 0 amide bonds. The number of aryl methyl sites for hydroxylation is 3. The van der Waals surface area contributed by atoms with Crippen molar-refractivity contribution >= 4 is 11.6 Å². The van der Waals surface area contributed by atoms with Crippen molar-refractivity contribution in [1.29, 1.82) is 0 Å². The van der Waals surface area contributed by atoms with Gasteiger partial charge in [-0.05, 0) is 97.4 Å². The van der Waals surface area contributed by atoms with Crippen LogP contribution in [0.1, 0.15) is 98.8 Å². The average molecular weight is 697 g/mol. The van der Waals surface area contributed by atoms with Crippen molar-refractivity contribution in [2.45, 2.75) is 102 Å². The summed E-state index contributed by atoms with van der Waals surface area (Å²) in [7, 11) is 0. The predicted octanol–water partition coefficient (Wildman–Crippen LogP) is 15.1. The maximum absolute atomic E-state index is 10.0. The van der Waals surface area contributed by atoms with Gasteiger partial charge in [0.25, 0.3) is 0 Å². The first-order valence-electron chi connectivity index (χ1n) is 17.5. The highest BCUT2D eigenvalue weighted by Crippen LogP contribution is 2.00. The quantitative estimate of drug-likeness (QED) is 0.190. The monoisotopic (exact) mass is 697 g/mol. The third-order valence-electron chi connectivity index (χ3n) is 4.75. The van der Waals surface area contributed by atoms with Crippen molar-refractivity contribution in [2.75, 3.05) is 0 Å². The lowest BCUT2D eigenvalue weighted by Gasteiger charge is -1.93. The summed E-state index contributed by atoms with van der Waals surface area (Å²) in [5.41, 5.74) is 4.80. The van der Waals surface area contributed by atoms with E-state index in [1.54, 1.807) is 31.2 Å². The summed E-state index contributed by atoms with van der Waals surface area (Å²) in [6.07, 6.45) is 14.8. The molecule has 3 aromatic carbocycles. The van der Waals surface area contributed by atoms with Gasteiger partial charge in [0.15, 0.2) is 11.6 Å². The molecule has 51 heavy (non-hydrogen) atoms. The predicted molar refractivity (Wildman–Crippen MR) is 238 cm³/mol. The topological polar surface area (TPSA) is 34.1 Å². The van der Waals surface area contributed by atoms with Gasteiger partial charge < -0.3 is 0 Å². The van der Waals surface area contributed by atoms with E-state index in [0.29, 0.717) is 5.57 Å². The number of benzene rings is 3. The van der Waals surface area contributed by atoms with Crippen LogP contribution in [0.2, 0.25) is 0 Å². The SMILES string of the molecule is C=C(C)C(C)=O.C=CC.C=CC.C=CC.C=CC.C=CC(C)=O.C=CCC.CCCc1ccccc1.CCc1ccccc1.Cc1ccccc1. The molecular formula is C49H76O2. The first kappa shape index (κ1) is 61.4. The molecule has 3 aromatic rings. The van der Waals surface area contributed by atoms with Crippen molar-refractivity contribution in [3.05, 3.63) is 196 Å². The number of allylic oxidation sites excluding steroid dienone is 7. The Hall–Kier alpha value is -4.82. The Balaban J connectivity index is -0.0000000869. The average Bonchev–Trinajstić information content (AvgIpc) is 3.12. The molecule has 0 radical (unpaired) electrons. The van der Waals surface area contributed by atoms with Crippen molar-refractivity contribution in [1.82, 2.24) is 0 Å². The van der Waals surface area contributed by atoms with E-state index >= 15 is 0 Å². The Kier molecular flexibility index (Phi) is 72.8. The second-order valence-electron chi connectivity index (χ2n) is 10.2. The second-order valence-corrected chi connectivity index (χ2v) is 10.2. The summed E-state index contributed by atoms with van der Waals surface area (Å²) >= 11 is 0. The molecule has 0 N–H and O–H groups in total. The van der Waals surface area contributed by atoms with Crippen LogP contribution < -0.4 is 0 Å². The van der Waals surface area contributed by atoms with Crippen molar-refractivity contribution in [3.8, 4) is 0 Å². The van der Waals surface area contributed by atoms with Crippen LogP contribution in [0.25, 0.3) is 0 Å². The van der Waals surface area contributed by atoms with Crippen LogP contribution in [0, 0.1) is 6.92 Å². The van der Waals surface area contributed by atoms with Crippen LogP contribution >= 0.6 is 0 Å². The number of Topliss-reactive ketones (excluding diaryl/α,β-unsaturated/α-hetero) is 1. The highest BCUT2D eigenvalue weighted by Gasteiger charge is 1.86. The zero-order valence-electron chi connectivity index (χ0n) is 34.7. The molecule has 0 saturated carbocycles. The van der Waals surface area contributed by atoms with Gasteiger partial charge in [-0.15, -0.1) is 32.9 Å². The minimum atomic E-state index is 0.0185. The number of rotatable bonds is 6. The van der Waals surface area contributed by atoms with E-state index in [2.05, 4.69) is 140 Å². The molecule has 284 valence electrons. The third-order valence-corrected chi connectivity index (χ3v) is 4.75. The zero-order chi connectivity index (χ0) is 41.1. The summed E-state index contributed by atoms with van der Waals surface area (Å²) in [6.45, 7) is 44.3. The maximum Gasteiger partial charge on any atom is 0.154 e. The van der Waals surface area contributed by atoms with E-state index in [1.807, 2.05) is 58.0 Å². The first-order chi connectivity index (χ1) is 24.2. The van der Waals surface area contributed by atoms with E-state index in [0.717, 1.165) is 12.8 Å². The molecule has 0 spiro atoms. The Morgan fingerprint density at radius 1 is 0.569 bits per heavy atom. The van der Waals surface area contributed by atoms with Gasteiger partial charge in [-0.25, -0.2) is 0 Å². The number of hydrogen-bond donors (Lipinski definition) is 0. The van der Waals surface area contributed by atoms with Crippen molar-refractivity contribution < 1.29 is 9.59 Å². The lowest BCUT2D eigenvalue weighted by atomic mass is 10.1. The minimum absolute atomic E-state index is 0.0185. The largest absolute Gasteiger partial charge is 0.295 e. The summed E-state index contributed by atoms with van der Waals surface area (Å²) in [4.78, 5) is 19.7. The minimum Gasteiger partial charge on any atom is -0.295 e. The molecule has 0 fully saturated rings. The summed E-state index contributed by atoms with van der Waals surface area (Å²) in [6, 6.07) is 31.3. The van der Waals surface area contributed by atoms with E-state index in [-0.39, 0.29) is 11.6 Å². The fourth-order valence-corrected chi connectivity index (χ4v) is 2.18. The van der Waals surface area contributed by atoms with Crippen LogP contribution in [-0.2, 0) is 22.4 Å². The zero-order valence-corrected chi connectivity index (χ0v) is 34.7. The molecule has 0 unspecified atom stereocenters. The van der Waals surface area contributed by atoms with Crippen LogP contribution in [-0.4, -0.2) is 11.6 Å². The van der Waals surface area contributed by atoms with E-state index in [9.17, 15) is 9.59 Å². The highest BCUT2D eigenvalue weighted by atomic mass is 16.1. The highest BCUT2D eigenvalue weighted by molar-refractivity contribution is 5.91. The number of carbonyl (C=O) groups is 2. The molecule has 2 nitrogen and oxygen atoms in total. The number of ketones is 2. The third kappa shape index (κ3) is 86.6. The standard InChI is InChI=1S/C9H12.C8H10.C7H8.C5H8O.C4H6O.C4H8.4C3H6/c1-2-6-9-7-4-3-5-8-9;1-2-8-6-4-3-5-7-8;1-7-5-3-2-4-6-7;1-4(2)5(3)6;1-3-4(2)5;1-3-4-2;4*1-3-2/h3-5,7-8H,2,6H2,1H3;3-7H,2H2,1H3;2-6H,1H3;1H2,2-3H3;3H,1H2,2H3;3H,1,4H2,2H3;4*3H,1H2,2H3. The molecule has 3 rings (SSSR count). The molecule has 0 atom stereocenters. The van der Waals surface area contributed by atoms with Crippen LogP contribution in [0.4, 0.5) is 0 Å². The number of hydrogen-bond acceptors (Lipinski definition) is 2. The molecule has 0 bridgehead atoms. The normalized spacial score (nSPS) is 7.35.